The van der Waals surface area contributed by atoms with E-state index in [9.17, 15) is 65.1 Å². The van der Waals surface area contributed by atoms with Crippen molar-refractivity contribution < 1.29 is 108 Å². The zero-order valence-corrected chi connectivity index (χ0v) is 34.3. The smallest absolute Gasteiger partial charge is 0.364 e. The van der Waals surface area contributed by atoms with Crippen LogP contribution in [0.5, 0.6) is 0 Å². The molecule has 4 saturated heterocycles. The van der Waals surface area contributed by atoms with Crippen LogP contribution in [-0.4, -0.2) is 219 Å². The summed E-state index contributed by atoms with van der Waals surface area (Å²) < 4.78 is 52.9. The molecule has 350 valence electrons. The van der Waals surface area contributed by atoms with Crippen molar-refractivity contribution in [2.75, 3.05) is 19.8 Å². The van der Waals surface area contributed by atoms with Gasteiger partial charge in [0.15, 0.2) is 25.2 Å². The third-order valence-corrected chi connectivity index (χ3v) is 10.7. The molecule has 4 aliphatic heterocycles. The van der Waals surface area contributed by atoms with Crippen molar-refractivity contribution in [3.8, 4) is 0 Å². The number of hydrogen-bond acceptors (Lipinski definition) is 22. The molecular formula is C34H59BN4O22. The van der Waals surface area contributed by atoms with Crippen LogP contribution >= 0.6 is 0 Å². The van der Waals surface area contributed by atoms with Crippen LogP contribution in [0.2, 0.25) is 0 Å². The number of ether oxygens (including phenoxy) is 8. The van der Waals surface area contributed by atoms with Crippen molar-refractivity contribution in [3.63, 3.8) is 0 Å². The molecule has 0 aromatic rings. The molecule has 0 aromatic carbocycles. The number of carbonyl (C=O) groups excluding carboxylic acids is 3. The third kappa shape index (κ3) is 11.7. The summed E-state index contributed by atoms with van der Waals surface area (Å²) in [6, 6.07) is -4.97. The molecule has 4 aliphatic rings. The Hall–Kier alpha value is -2.78. The number of amides is 3. The molecule has 4 rings (SSSR count). The van der Waals surface area contributed by atoms with Gasteiger partial charge >= 0.3 is 13.6 Å². The van der Waals surface area contributed by atoms with Crippen LogP contribution in [0.3, 0.4) is 0 Å². The fourth-order valence-corrected chi connectivity index (χ4v) is 7.51. The summed E-state index contributed by atoms with van der Waals surface area (Å²) in [5.41, 5.74) is 5.55. The van der Waals surface area contributed by atoms with Gasteiger partial charge < -0.3 is 110 Å². The molecule has 4 heterocycles. The van der Waals surface area contributed by atoms with Crippen molar-refractivity contribution >= 4 is 31.3 Å². The van der Waals surface area contributed by atoms with E-state index in [1.54, 1.807) is 0 Å². The number of aliphatic hydroxyl groups is 8. The van der Waals surface area contributed by atoms with Gasteiger partial charge in [-0.2, -0.15) is 0 Å². The summed E-state index contributed by atoms with van der Waals surface area (Å²) in [4.78, 5) is 49.7. The first-order valence-corrected chi connectivity index (χ1v) is 19.5. The lowest BCUT2D eigenvalue weighted by Crippen LogP contribution is -2.71. The normalized spacial score (nSPS) is 40.1. The Kier molecular flexibility index (Phi) is 18.1. The number of aliphatic carboxylic acids is 1. The van der Waals surface area contributed by atoms with Crippen molar-refractivity contribution in [1.82, 2.24) is 16.0 Å². The predicted octanol–water partition coefficient (Wildman–Crippen LogP) is -7.95. The summed E-state index contributed by atoms with van der Waals surface area (Å²) in [5, 5.41) is 103. The Morgan fingerprint density at radius 3 is 1.84 bits per heavy atom. The SMILES string of the molecule is CC(=O)NC(C(O)OC1C(O)C(C)OC(OC2C(O)C(CO)OC(OC3C(CO)OC(OBN)C4O[C@@](C)(C(=O)O)OC34)C2NC(C)=O)C1NC(C)=O)C(O)C(O)C(C)CO. The monoisotopic (exact) mass is 886 g/mol. The molecule has 0 saturated carbocycles. The van der Waals surface area contributed by atoms with Crippen LogP contribution < -0.4 is 21.6 Å². The van der Waals surface area contributed by atoms with E-state index in [1.165, 1.54) is 13.8 Å². The highest BCUT2D eigenvalue weighted by Gasteiger charge is 2.62. The summed E-state index contributed by atoms with van der Waals surface area (Å²) in [6.45, 7) is 4.78. The molecule has 0 aliphatic carbocycles. The minimum Gasteiger partial charge on any atom is -0.477 e. The average molecular weight is 887 g/mol. The number of carboxylic acid groups (broad SMARTS) is 1. The van der Waals surface area contributed by atoms with Gasteiger partial charge in [0.1, 0.15) is 79.2 Å². The number of rotatable bonds is 19. The highest BCUT2D eigenvalue weighted by Crippen LogP contribution is 2.41. The van der Waals surface area contributed by atoms with Crippen molar-refractivity contribution in [2.45, 2.75) is 164 Å². The van der Waals surface area contributed by atoms with Gasteiger partial charge in [0.25, 0.3) is 5.79 Å². The molecule has 0 spiro atoms. The zero-order chi connectivity index (χ0) is 45.7. The summed E-state index contributed by atoms with van der Waals surface area (Å²) in [7, 11) is -0.412. The second-order valence-electron chi connectivity index (χ2n) is 15.4. The second-order valence-corrected chi connectivity index (χ2v) is 15.4. The molecule has 61 heavy (non-hydrogen) atoms. The maximum atomic E-state index is 12.7. The standard InChI is InChI=1S/C34H59BN4O22/c1-10(7-40)20(46)23(49)17(37-12(3)43)29(50)56-25-18(38-13(4)44)30(53-11(2)21(25)47)58-26-19(39-14(5)45)31(54-15(8-41)22(26)48)57-24-16(9-42)55-32(61-35-36)28-27(24)59-34(6,60-28)33(51)52/h10-11,15-32,35,40-42,46-50H,7-9,36H2,1-6H3,(H,37,43)(H,38,44)(H,39,45)(H,51,52)/t10?,11?,15?,16?,17?,18?,19?,20?,21?,22?,23?,24?,25?,26?,27?,28?,29?,30?,31?,32?,34-/m0/s1. The fourth-order valence-electron chi connectivity index (χ4n) is 7.51. The van der Waals surface area contributed by atoms with Gasteiger partial charge in [-0.1, -0.05) is 6.92 Å². The summed E-state index contributed by atoms with van der Waals surface area (Å²) >= 11 is 0. The predicted molar refractivity (Wildman–Crippen MR) is 198 cm³/mol. The Morgan fingerprint density at radius 2 is 1.31 bits per heavy atom. The molecule has 20 unspecified atom stereocenters. The van der Waals surface area contributed by atoms with Crippen LogP contribution in [0.25, 0.3) is 0 Å². The molecule has 3 amide bonds. The van der Waals surface area contributed by atoms with Crippen molar-refractivity contribution in [3.05, 3.63) is 0 Å². The molecule has 0 radical (unpaired) electrons. The fraction of sp³-hybridized carbons (Fsp3) is 0.882. The van der Waals surface area contributed by atoms with Gasteiger partial charge in [0.2, 0.25) is 17.7 Å². The number of aliphatic hydroxyl groups excluding tert-OH is 8. The molecule has 4 fully saturated rings. The van der Waals surface area contributed by atoms with E-state index in [4.69, 9.17) is 48.2 Å². The number of carbonyl (C=O) groups is 4. The summed E-state index contributed by atoms with van der Waals surface area (Å²) in [6.07, 6.45) is -26.1. The number of nitrogens with two attached hydrogens (primary N) is 1. The van der Waals surface area contributed by atoms with Crippen LogP contribution in [0, 0.1) is 5.92 Å². The summed E-state index contributed by atoms with van der Waals surface area (Å²) in [5.74, 6) is -7.04. The van der Waals surface area contributed by atoms with E-state index in [2.05, 4.69) is 16.0 Å². The highest BCUT2D eigenvalue weighted by atomic mass is 16.8. The Labute approximate surface area is 350 Å². The lowest BCUT2D eigenvalue weighted by Gasteiger charge is -2.50. The van der Waals surface area contributed by atoms with Crippen molar-refractivity contribution in [2.24, 2.45) is 11.6 Å². The van der Waals surface area contributed by atoms with Crippen LogP contribution in [0.4, 0.5) is 0 Å². The first-order valence-electron chi connectivity index (χ1n) is 19.5. The van der Waals surface area contributed by atoms with Gasteiger partial charge in [-0.05, 0) is 6.92 Å². The Bertz CT molecular complexity index is 1490. The van der Waals surface area contributed by atoms with E-state index in [0.717, 1.165) is 27.7 Å². The maximum Gasteiger partial charge on any atom is 0.364 e. The molecule has 0 bridgehead atoms. The molecular weight excluding hydrogens is 827 g/mol. The van der Waals surface area contributed by atoms with Gasteiger partial charge in [0.05, 0.1) is 25.4 Å². The Morgan fingerprint density at radius 1 is 0.770 bits per heavy atom. The lowest BCUT2D eigenvalue weighted by molar-refractivity contribution is -0.351. The van der Waals surface area contributed by atoms with Gasteiger partial charge in [-0.3, -0.25) is 14.4 Å². The first kappa shape index (κ1) is 50.9. The lowest BCUT2D eigenvalue weighted by atomic mass is 9.93. The maximum absolute atomic E-state index is 12.7. The van der Waals surface area contributed by atoms with E-state index < -0.39 is 179 Å². The number of carboxylic acids is 1. The largest absolute Gasteiger partial charge is 0.477 e. The number of nitrogens with one attached hydrogen (secondary N) is 3. The highest BCUT2D eigenvalue weighted by molar-refractivity contribution is 6.22. The molecule has 26 nitrogen and oxygen atoms in total. The minimum absolute atomic E-state index is 0.412. The molecule has 27 heteroatoms. The van der Waals surface area contributed by atoms with E-state index in [1.807, 2.05) is 0 Å². The number of fused-ring (bicyclic) bond motifs is 1. The van der Waals surface area contributed by atoms with Crippen LogP contribution in [0.15, 0.2) is 0 Å². The first-order chi connectivity index (χ1) is 28.6. The van der Waals surface area contributed by atoms with Gasteiger partial charge in [0, 0.05) is 40.2 Å². The number of hydrogen-bond donors (Lipinski definition) is 13. The van der Waals surface area contributed by atoms with Crippen LogP contribution in [0.1, 0.15) is 41.5 Å². The van der Waals surface area contributed by atoms with E-state index in [-0.39, 0.29) is 0 Å². The van der Waals surface area contributed by atoms with E-state index in [0.29, 0.717) is 0 Å². The van der Waals surface area contributed by atoms with Crippen molar-refractivity contribution in [1.29, 1.82) is 0 Å². The second kappa shape index (κ2) is 21.7. The zero-order valence-electron chi connectivity index (χ0n) is 34.3. The minimum atomic E-state index is -2.27. The van der Waals surface area contributed by atoms with Gasteiger partial charge in [-0.15, -0.1) is 0 Å². The molecule has 21 atom stereocenters. The van der Waals surface area contributed by atoms with Crippen LogP contribution in [-0.2, 0) is 61.7 Å². The Balaban J connectivity index is 1.71. The molecule has 14 N–H and O–H groups in total. The third-order valence-electron chi connectivity index (χ3n) is 10.7. The average Bonchev–Trinajstić information content (AvgIpc) is 3.57. The van der Waals surface area contributed by atoms with E-state index >= 15 is 0 Å². The van der Waals surface area contributed by atoms with Gasteiger partial charge in [-0.25, -0.2) is 4.79 Å². The topological polar surface area (TPSA) is 396 Å². The molecule has 0 aromatic heterocycles. The quantitative estimate of drug-likeness (QED) is 0.0423.